The van der Waals surface area contributed by atoms with E-state index in [1.54, 1.807) is 0 Å². The van der Waals surface area contributed by atoms with Crippen molar-refractivity contribution in [2.75, 3.05) is 6.26 Å². The van der Waals surface area contributed by atoms with Crippen molar-refractivity contribution < 1.29 is 87.8 Å². The van der Waals surface area contributed by atoms with Gasteiger partial charge in [0.15, 0.2) is 74.7 Å². The van der Waals surface area contributed by atoms with E-state index in [0.717, 1.165) is 5.75 Å². The summed E-state index contributed by atoms with van der Waals surface area (Å²) in [6.07, 6.45) is -4.89. The molecule has 0 aliphatic carbocycles. The second-order valence-corrected chi connectivity index (χ2v) is 15.6. The molecule has 0 aliphatic rings. The summed E-state index contributed by atoms with van der Waals surface area (Å²) in [4.78, 5) is 1.44. The van der Waals surface area contributed by atoms with Gasteiger partial charge in [0.1, 0.15) is 64.7 Å². The standard InChI is InChI=1S/C24BF20.C18H17S/c26-5-1(6(27)14(35)21(42)13(5)34)25(2-7(28)15(36)22(43)16(37)8(2)29,3-9(30)17(38)23(44)18(39)10(3)31)4-11(32)19(40)24(45)20(41)12(4)33;1-19(17-11-3-2-4-12-17)14-16-10-7-9-15-8-5-6-13-18(15)16/h;2-13H,14H2,1H3/q-1;+1. The molecule has 1 atom stereocenters. The first-order chi connectivity index (χ1) is 30.0. The second kappa shape index (κ2) is 17.8. The minimum atomic E-state index is -7.22. The van der Waals surface area contributed by atoms with E-state index < -0.39 is 144 Å². The molecule has 64 heavy (non-hydrogen) atoms. The van der Waals surface area contributed by atoms with Crippen molar-refractivity contribution in [1.82, 2.24) is 0 Å². The Bertz CT molecular complexity index is 2610. The van der Waals surface area contributed by atoms with Crippen molar-refractivity contribution >= 4 is 49.7 Å². The number of benzene rings is 7. The van der Waals surface area contributed by atoms with Crippen molar-refractivity contribution in [3.63, 3.8) is 0 Å². The maximum absolute atomic E-state index is 15.4. The second-order valence-electron chi connectivity index (χ2n) is 13.5. The number of hydrogen-bond donors (Lipinski definition) is 0. The molecule has 0 heterocycles. The Morgan fingerprint density at radius 3 is 0.906 bits per heavy atom. The smallest absolute Gasteiger partial charge is 0.200 e. The van der Waals surface area contributed by atoms with Crippen LogP contribution in [-0.2, 0) is 16.6 Å². The maximum Gasteiger partial charge on any atom is 0.200 e. The molecule has 0 bridgehead atoms. The Kier molecular flexibility index (Phi) is 13.1. The molecule has 0 aromatic heterocycles. The monoisotopic (exact) mass is 944 g/mol. The summed E-state index contributed by atoms with van der Waals surface area (Å²) in [7, 11) is 0.260. The van der Waals surface area contributed by atoms with Crippen molar-refractivity contribution in [2.45, 2.75) is 10.6 Å². The van der Waals surface area contributed by atoms with E-state index in [2.05, 4.69) is 79.1 Å². The molecule has 0 spiro atoms. The van der Waals surface area contributed by atoms with Crippen molar-refractivity contribution in [1.29, 1.82) is 0 Å². The lowest BCUT2D eigenvalue weighted by atomic mass is 9.12. The molecule has 0 saturated carbocycles. The van der Waals surface area contributed by atoms with E-state index in [-0.39, 0.29) is 10.9 Å². The molecule has 22 heteroatoms. The molecule has 7 rings (SSSR count). The van der Waals surface area contributed by atoms with E-state index >= 15 is 35.1 Å². The minimum absolute atomic E-state index is 0.260. The average Bonchev–Trinajstić information content (AvgIpc) is 3.29. The number of fused-ring (bicyclic) bond motifs is 1. The molecule has 0 aliphatic heterocycles. The Hall–Kier alpha value is -6.19. The van der Waals surface area contributed by atoms with Gasteiger partial charge < -0.3 is 0 Å². The number of rotatable bonds is 7. The first-order valence-electron chi connectivity index (χ1n) is 17.4. The van der Waals surface area contributed by atoms with Crippen LogP contribution in [0.3, 0.4) is 0 Å². The molecule has 0 nitrogen and oxygen atoms in total. The van der Waals surface area contributed by atoms with Gasteiger partial charge in [0.05, 0.1) is 0 Å². The fourth-order valence-electron chi connectivity index (χ4n) is 7.26. The lowest BCUT2D eigenvalue weighted by Crippen LogP contribution is -2.81. The van der Waals surface area contributed by atoms with E-state index in [1.807, 2.05) is 0 Å². The molecule has 0 saturated heterocycles. The van der Waals surface area contributed by atoms with E-state index in [9.17, 15) is 52.7 Å². The van der Waals surface area contributed by atoms with Crippen LogP contribution in [-0.4, -0.2) is 12.4 Å². The molecular weight excluding hydrogens is 927 g/mol. The predicted molar refractivity (Wildman–Crippen MR) is 195 cm³/mol. The van der Waals surface area contributed by atoms with Crippen LogP contribution in [0.1, 0.15) is 5.56 Å². The van der Waals surface area contributed by atoms with Gasteiger partial charge in [-0.1, -0.05) is 60.7 Å². The lowest BCUT2D eigenvalue weighted by molar-refractivity contribution is 0.378. The van der Waals surface area contributed by atoms with Gasteiger partial charge in [0, 0.05) is 16.5 Å². The first kappa shape index (κ1) is 47.3. The SMILES string of the molecule is C[S+](Cc1cccc2ccccc12)c1ccccc1.Fc1c(F)c(F)c([B-](c2c(F)c(F)c(F)c(F)c2F)(c2c(F)c(F)c(F)c(F)c2F)c2c(F)c(F)c(F)c(F)c2F)c(F)c1F. The van der Waals surface area contributed by atoms with Crippen molar-refractivity contribution in [3.05, 3.63) is 195 Å². The molecule has 1 unspecified atom stereocenters. The largest absolute Gasteiger partial charge is 0.207 e. The highest BCUT2D eigenvalue weighted by Gasteiger charge is 2.52. The van der Waals surface area contributed by atoms with E-state index in [0.29, 0.717) is 0 Å². The van der Waals surface area contributed by atoms with Gasteiger partial charge >= 0.3 is 0 Å². The first-order valence-corrected chi connectivity index (χ1v) is 19.2. The third kappa shape index (κ3) is 7.37. The van der Waals surface area contributed by atoms with Crippen LogP contribution in [0.5, 0.6) is 0 Å². The fraction of sp³-hybridized carbons (Fsp3) is 0.0476. The maximum atomic E-state index is 15.4. The summed E-state index contributed by atoms with van der Waals surface area (Å²) in [6, 6.07) is 26.1. The van der Waals surface area contributed by atoms with Crippen LogP contribution in [0.4, 0.5) is 87.8 Å². The minimum Gasteiger partial charge on any atom is -0.207 e. The molecule has 7 aromatic rings. The summed E-state index contributed by atoms with van der Waals surface area (Å²) in [6.45, 7) is 0. The fourth-order valence-corrected chi connectivity index (χ4v) is 8.77. The van der Waals surface area contributed by atoms with Crippen LogP contribution in [0, 0.1) is 116 Å². The number of hydrogen-bond acceptors (Lipinski definition) is 0. The molecule has 0 N–H and O–H groups in total. The normalized spacial score (nSPS) is 12.1. The highest BCUT2D eigenvalue weighted by Crippen LogP contribution is 2.31. The summed E-state index contributed by atoms with van der Waals surface area (Å²) in [5.41, 5.74) is -12.9. The zero-order chi connectivity index (χ0) is 47.4. The van der Waals surface area contributed by atoms with Crippen LogP contribution < -0.4 is 21.9 Å². The molecule has 334 valence electrons. The third-order valence-electron chi connectivity index (χ3n) is 10.1. The molecular formula is C42H17BF20S. The van der Waals surface area contributed by atoms with E-state index in [4.69, 9.17) is 0 Å². The summed E-state index contributed by atoms with van der Waals surface area (Å²) < 4.78 is 294. The average molecular weight is 944 g/mol. The Morgan fingerprint density at radius 2 is 0.578 bits per heavy atom. The van der Waals surface area contributed by atoms with Gasteiger partial charge in [-0.25, -0.2) is 87.8 Å². The third-order valence-corrected chi connectivity index (χ3v) is 11.9. The topological polar surface area (TPSA) is 0 Å². The summed E-state index contributed by atoms with van der Waals surface area (Å²) in [5.74, 6) is -70.3. The quantitative estimate of drug-likeness (QED) is 0.0491. The van der Waals surface area contributed by atoms with Crippen molar-refractivity contribution in [2.24, 2.45) is 0 Å². The van der Waals surface area contributed by atoms with Gasteiger partial charge in [-0.3, -0.25) is 0 Å². The Morgan fingerprint density at radius 1 is 0.312 bits per heavy atom. The predicted octanol–water partition coefficient (Wildman–Crippen LogP) is 10.5. The van der Waals surface area contributed by atoms with Crippen LogP contribution in [0.15, 0.2) is 77.7 Å². The van der Waals surface area contributed by atoms with Crippen LogP contribution >= 0.6 is 0 Å². The lowest BCUT2D eigenvalue weighted by Gasteiger charge is -2.44. The van der Waals surface area contributed by atoms with Gasteiger partial charge in [-0.15, -0.1) is 21.9 Å². The highest BCUT2D eigenvalue weighted by atomic mass is 32.2. The zero-order valence-electron chi connectivity index (χ0n) is 31.2. The van der Waals surface area contributed by atoms with Crippen LogP contribution in [0.25, 0.3) is 10.8 Å². The zero-order valence-corrected chi connectivity index (χ0v) is 32.0. The Labute approximate surface area is 348 Å². The van der Waals surface area contributed by atoms with Crippen molar-refractivity contribution in [3.8, 4) is 0 Å². The van der Waals surface area contributed by atoms with E-state index in [1.165, 1.54) is 21.2 Å². The van der Waals surface area contributed by atoms with Gasteiger partial charge in [0.2, 0.25) is 0 Å². The molecule has 0 fully saturated rings. The Balaban J connectivity index is 0.000000295. The summed E-state index contributed by atoms with van der Waals surface area (Å²) >= 11 is 0. The van der Waals surface area contributed by atoms with Gasteiger partial charge in [0.25, 0.3) is 0 Å². The summed E-state index contributed by atoms with van der Waals surface area (Å²) in [5, 5.41) is 2.73. The van der Waals surface area contributed by atoms with Crippen LogP contribution in [0.2, 0.25) is 0 Å². The molecule has 0 amide bonds. The van der Waals surface area contributed by atoms with Gasteiger partial charge in [-0.2, -0.15) is 0 Å². The number of halogens is 20. The molecule has 0 radical (unpaired) electrons. The highest BCUT2D eigenvalue weighted by molar-refractivity contribution is 7.95. The van der Waals surface area contributed by atoms with Gasteiger partial charge in [-0.05, 0) is 22.9 Å². The molecule has 7 aromatic carbocycles.